The molecule has 0 bridgehead atoms. The molecule has 0 amide bonds. The molecule has 0 N–H and O–H groups in total. The highest BCUT2D eigenvalue weighted by molar-refractivity contribution is 6.18. The Balaban J connectivity index is 2.63. The van der Waals surface area contributed by atoms with E-state index in [1.807, 2.05) is 0 Å². The van der Waals surface area contributed by atoms with Gasteiger partial charge in [-0.15, -0.1) is 0 Å². The Hall–Kier alpha value is -1.77. The highest BCUT2D eigenvalue weighted by atomic mass is 16.3. The minimum Gasteiger partial charge on any atom is -0.371 e. The molecule has 1 aliphatic rings. The van der Waals surface area contributed by atoms with E-state index in [2.05, 4.69) is 0 Å². The van der Waals surface area contributed by atoms with Crippen LogP contribution in [0.1, 0.15) is 15.9 Å². The van der Waals surface area contributed by atoms with Crippen LogP contribution in [0, 0.1) is 0 Å². The van der Waals surface area contributed by atoms with Gasteiger partial charge in [0.05, 0.1) is 0 Å². The Morgan fingerprint density at radius 1 is 1.07 bits per heavy atom. The van der Waals surface area contributed by atoms with Gasteiger partial charge in [0, 0.05) is 25.2 Å². The first-order valence-corrected chi connectivity index (χ1v) is 4.35. The summed E-state index contributed by atoms with van der Waals surface area (Å²) in [5.74, 6) is -0.341. The molecule has 0 spiro atoms. The summed E-state index contributed by atoms with van der Waals surface area (Å²) >= 11 is 0. The van der Waals surface area contributed by atoms with E-state index in [1.54, 1.807) is 43.3 Å². The van der Waals surface area contributed by atoms with Crippen LogP contribution in [-0.4, -0.2) is 24.8 Å². The van der Waals surface area contributed by atoms with E-state index >= 15 is 0 Å². The number of likely N-dealkylation sites (N-methyl/N-ethyl adjacent to an activating group) is 1. The number of nitrogens with zero attached hydrogens (tertiary/aromatic N) is 1. The minimum absolute atomic E-state index is 0.171. The van der Waals surface area contributed by atoms with E-state index in [4.69, 9.17) is 0 Å². The maximum atomic E-state index is 11.7. The third-order valence-electron chi connectivity index (χ3n) is 2.29. The monoisotopic (exact) mass is 188 g/mol. The normalized spacial score (nSPS) is 14.6. The lowest BCUT2D eigenvalue weighted by molar-refractivity contribution is 0.101. The predicted octanol–water partition coefficient (Wildman–Crippen LogP) is 1.54. The summed E-state index contributed by atoms with van der Waals surface area (Å²) in [6, 6.07) is 6.91. The highest BCUT2D eigenvalue weighted by Crippen LogP contribution is 2.31. The molecule has 2 rings (SSSR count). The fourth-order valence-electron chi connectivity index (χ4n) is 1.64. The van der Waals surface area contributed by atoms with Gasteiger partial charge in [0.15, 0.2) is 0 Å². The van der Waals surface area contributed by atoms with E-state index in [9.17, 15) is 9.90 Å². The first kappa shape index (κ1) is 8.81. The first-order chi connectivity index (χ1) is 6.63. The lowest BCUT2D eigenvalue weighted by Crippen LogP contribution is -2.17. The number of ketones is 1. The summed E-state index contributed by atoms with van der Waals surface area (Å²) < 4.78 is 0. The fraction of sp³-hybridized carbons (Fsp3) is 0.182. The molecule has 0 saturated heterocycles. The molecule has 1 aromatic rings. The molecule has 3 nitrogen and oxygen atoms in total. The van der Waals surface area contributed by atoms with Crippen molar-refractivity contribution in [2.45, 2.75) is 0 Å². The summed E-state index contributed by atoms with van der Waals surface area (Å²) in [6.45, 7) is 0. The first-order valence-electron chi connectivity index (χ1n) is 4.35. The predicted molar refractivity (Wildman–Crippen MR) is 52.1 cm³/mol. The van der Waals surface area contributed by atoms with Crippen LogP contribution in [0.5, 0.6) is 0 Å². The second-order valence-corrected chi connectivity index (χ2v) is 3.45. The van der Waals surface area contributed by atoms with Crippen LogP contribution in [0.25, 0.3) is 5.76 Å². The third kappa shape index (κ3) is 1.02. The second-order valence-electron chi connectivity index (χ2n) is 3.45. The Morgan fingerprint density at radius 2 is 1.64 bits per heavy atom. The molecule has 0 aliphatic heterocycles. The molecule has 0 unspecified atom stereocenters. The van der Waals surface area contributed by atoms with Crippen LogP contribution in [0.15, 0.2) is 30.0 Å². The molecule has 3 heteroatoms. The number of hydrogen-bond acceptors (Lipinski definition) is 2. The maximum Gasteiger partial charge on any atom is 0.213 e. The van der Waals surface area contributed by atoms with Crippen LogP contribution < -0.4 is 0 Å². The molecule has 1 radical (unpaired) electrons. The second kappa shape index (κ2) is 2.87. The molecule has 1 aromatic carbocycles. The van der Waals surface area contributed by atoms with Crippen LogP contribution in [0.2, 0.25) is 0 Å². The highest BCUT2D eigenvalue weighted by Gasteiger charge is 2.31. The quantitative estimate of drug-likeness (QED) is 0.670. The van der Waals surface area contributed by atoms with Gasteiger partial charge in [0.25, 0.3) is 0 Å². The zero-order valence-electron chi connectivity index (χ0n) is 8.07. The van der Waals surface area contributed by atoms with Gasteiger partial charge in [-0.1, -0.05) is 24.3 Å². The standard InChI is InChI=1S/C11H10NO2/c1-12(2)9-10(13)7-5-3-4-6-8(7)11(9)14/h3-6H,1-2H3. The number of carbonyl (C=O) groups is 1. The van der Waals surface area contributed by atoms with Crippen molar-refractivity contribution in [2.24, 2.45) is 0 Å². The average Bonchev–Trinajstić information content (AvgIpc) is 2.41. The number of Topliss-reactive ketones (excluding diaryl/α,β-unsaturated/α-hetero) is 1. The van der Waals surface area contributed by atoms with Crippen molar-refractivity contribution in [2.75, 3.05) is 14.1 Å². The van der Waals surface area contributed by atoms with Gasteiger partial charge in [-0.25, -0.2) is 0 Å². The minimum atomic E-state index is -0.171. The van der Waals surface area contributed by atoms with Gasteiger partial charge < -0.3 is 4.90 Å². The molecule has 0 atom stereocenters. The molecular formula is C11H10NO2. The van der Waals surface area contributed by atoms with Crippen molar-refractivity contribution < 1.29 is 9.90 Å². The van der Waals surface area contributed by atoms with Gasteiger partial charge >= 0.3 is 0 Å². The van der Waals surface area contributed by atoms with Crippen molar-refractivity contribution in [3.8, 4) is 0 Å². The number of carbonyl (C=O) groups excluding carboxylic acids is 1. The van der Waals surface area contributed by atoms with Crippen molar-refractivity contribution >= 4 is 11.5 Å². The molecule has 1 aliphatic carbocycles. The molecular weight excluding hydrogens is 178 g/mol. The van der Waals surface area contributed by atoms with Gasteiger partial charge in [0.2, 0.25) is 11.5 Å². The van der Waals surface area contributed by atoms with Gasteiger partial charge in [0.1, 0.15) is 5.70 Å². The molecule has 71 valence electrons. The Morgan fingerprint density at radius 3 is 2.14 bits per heavy atom. The van der Waals surface area contributed by atoms with Crippen molar-refractivity contribution in [1.29, 1.82) is 0 Å². The summed E-state index contributed by atoms with van der Waals surface area (Å²) in [5.41, 5.74) is 1.29. The summed E-state index contributed by atoms with van der Waals surface area (Å²) in [4.78, 5) is 13.3. The van der Waals surface area contributed by atoms with E-state index in [0.29, 0.717) is 11.1 Å². The molecule has 0 saturated carbocycles. The number of hydrogen-bond donors (Lipinski definition) is 0. The largest absolute Gasteiger partial charge is 0.371 e. The van der Waals surface area contributed by atoms with E-state index in [1.165, 1.54) is 0 Å². The lowest BCUT2D eigenvalue weighted by atomic mass is 10.1. The summed E-state index contributed by atoms with van der Waals surface area (Å²) in [7, 11) is 3.41. The lowest BCUT2D eigenvalue weighted by Gasteiger charge is -2.10. The van der Waals surface area contributed by atoms with E-state index in [0.717, 1.165) is 0 Å². The Bertz CT molecular complexity index is 433. The number of rotatable bonds is 1. The molecule has 14 heavy (non-hydrogen) atoms. The van der Waals surface area contributed by atoms with Crippen LogP contribution in [0.4, 0.5) is 0 Å². The fourth-order valence-corrected chi connectivity index (χ4v) is 1.64. The number of benzene rings is 1. The molecule has 0 fully saturated rings. The van der Waals surface area contributed by atoms with Gasteiger partial charge in [-0.05, 0) is 0 Å². The SMILES string of the molecule is CN(C)C1=C([O])c2ccccc2C1=O. The van der Waals surface area contributed by atoms with Gasteiger partial charge in [-0.3, -0.25) is 9.90 Å². The van der Waals surface area contributed by atoms with Gasteiger partial charge in [-0.2, -0.15) is 0 Å². The average molecular weight is 188 g/mol. The van der Waals surface area contributed by atoms with E-state index in [-0.39, 0.29) is 17.2 Å². The van der Waals surface area contributed by atoms with Crippen LogP contribution in [0.3, 0.4) is 0 Å². The van der Waals surface area contributed by atoms with Crippen molar-refractivity contribution in [1.82, 2.24) is 4.90 Å². The summed E-state index contributed by atoms with van der Waals surface area (Å²) in [5, 5.41) is 11.7. The van der Waals surface area contributed by atoms with Crippen molar-refractivity contribution in [3.63, 3.8) is 0 Å². The maximum absolute atomic E-state index is 11.7. The summed E-state index contributed by atoms with van der Waals surface area (Å²) in [6.07, 6.45) is 0. The zero-order chi connectivity index (χ0) is 10.3. The smallest absolute Gasteiger partial charge is 0.213 e. The molecule has 0 aromatic heterocycles. The molecule has 0 heterocycles. The number of allylic oxidation sites excluding steroid dienone is 1. The van der Waals surface area contributed by atoms with Crippen LogP contribution in [-0.2, 0) is 5.11 Å². The van der Waals surface area contributed by atoms with E-state index < -0.39 is 0 Å². The third-order valence-corrected chi connectivity index (χ3v) is 2.29. The number of fused-ring (bicyclic) bond motifs is 1. The zero-order valence-corrected chi connectivity index (χ0v) is 8.07. The van der Waals surface area contributed by atoms with Crippen molar-refractivity contribution in [3.05, 3.63) is 41.1 Å². The van der Waals surface area contributed by atoms with Crippen LogP contribution >= 0.6 is 0 Å². The Labute approximate surface area is 82.3 Å². The Kier molecular flexibility index (Phi) is 1.81. The topological polar surface area (TPSA) is 40.2 Å².